The summed E-state index contributed by atoms with van der Waals surface area (Å²) in [5, 5.41) is 0. The molecule has 0 N–H and O–H groups in total. The van der Waals surface area contributed by atoms with E-state index in [4.69, 9.17) is 0 Å². The molecule has 0 spiro atoms. The van der Waals surface area contributed by atoms with Crippen LogP contribution in [0.4, 0.5) is 0 Å². The molecule has 0 bridgehead atoms. The zero-order valence-corrected chi connectivity index (χ0v) is 11.5. The molecule has 0 radical (unpaired) electrons. The first kappa shape index (κ1) is 13.0. The van der Waals surface area contributed by atoms with Crippen LogP contribution in [0, 0.1) is 0 Å². The van der Waals surface area contributed by atoms with Crippen molar-refractivity contribution in [1.29, 1.82) is 0 Å². The van der Waals surface area contributed by atoms with Crippen LogP contribution in [0.1, 0.15) is 19.3 Å². The molecule has 72 valence electrons. The molecule has 0 unspecified atom stereocenters. The van der Waals surface area contributed by atoms with Gasteiger partial charge in [0.2, 0.25) is 0 Å². The summed E-state index contributed by atoms with van der Waals surface area (Å²) in [6.45, 7) is 11.4. The molecule has 0 nitrogen and oxygen atoms in total. The zero-order valence-electron chi connectivity index (χ0n) is 8.60. The van der Waals surface area contributed by atoms with Gasteiger partial charge in [-0.1, -0.05) is 0 Å². The van der Waals surface area contributed by atoms with Gasteiger partial charge in [0.05, 0.1) is 0 Å². The number of allylic oxidation sites excluding steroid dienone is 3. The molecule has 0 aromatic rings. The second kappa shape index (κ2) is 10.1. The molecule has 0 rings (SSSR count). The van der Waals surface area contributed by atoms with Gasteiger partial charge in [0.15, 0.2) is 0 Å². The summed E-state index contributed by atoms with van der Waals surface area (Å²) in [5.74, 6) is 0. The first-order valence-corrected chi connectivity index (χ1v) is 11.1. The van der Waals surface area contributed by atoms with Crippen LogP contribution >= 0.6 is 0 Å². The average molecular weight is 284 g/mol. The van der Waals surface area contributed by atoms with E-state index in [1.54, 1.807) is 0 Å². The molecule has 0 heterocycles. The van der Waals surface area contributed by atoms with Crippen LogP contribution in [0.2, 0.25) is 13.3 Å². The van der Waals surface area contributed by atoms with Gasteiger partial charge in [-0.3, -0.25) is 0 Å². The minimum absolute atomic E-state index is 1.05. The number of hydrogen-bond donors (Lipinski definition) is 0. The van der Waals surface area contributed by atoms with Crippen LogP contribution in [0.5, 0.6) is 0 Å². The van der Waals surface area contributed by atoms with Crippen molar-refractivity contribution in [3.63, 3.8) is 0 Å². The Morgan fingerprint density at radius 1 is 0.692 bits per heavy atom. The normalized spacial score (nSPS) is 9.23. The Morgan fingerprint density at radius 3 is 1.23 bits per heavy atom. The molecule has 13 heavy (non-hydrogen) atoms. The van der Waals surface area contributed by atoms with E-state index in [-0.39, 0.29) is 0 Å². The van der Waals surface area contributed by atoms with E-state index in [9.17, 15) is 0 Å². The van der Waals surface area contributed by atoms with Gasteiger partial charge in [0.1, 0.15) is 0 Å². The summed E-state index contributed by atoms with van der Waals surface area (Å²) in [5.41, 5.74) is 0. The molecule has 0 atom stereocenters. The Morgan fingerprint density at radius 2 is 1.00 bits per heavy atom. The standard InChI is InChI=1S/3C4H7.Sn/c3*1-3-4-2;/h3*3H,1-2,4H2;/q;;;+1. The summed E-state index contributed by atoms with van der Waals surface area (Å²) in [7, 11) is 0. The van der Waals surface area contributed by atoms with Gasteiger partial charge in [-0.15, -0.1) is 0 Å². The summed E-state index contributed by atoms with van der Waals surface area (Å²) < 4.78 is 4.40. The molecule has 0 saturated heterocycles. The van der Waals surface area contributed by atoms with Crippen molar-refractivity contribution in [3.05, 3.63) is 38.0 Å². The summed E-state index contributed by atoms with van der Waals surface area (Å²) in [4.78, 5) is 0. The summed E-state index contributed by atoms with van der Waals surface area (Å²) in [6.07, 6.45) is 9.85. The van der Waals surface area contributed by atoms with Crippen LogP contribution in [0.25, 0.3) is 0 Å². The van der Waals surface area contributed by atoms with Gasteiger partial charge in [0.25, 0.3) is 0 Å². The topological polar surface area (TPSA) is 0 Å². The van der Waals surface area contributed by atoms with Gasteiger partial charge in [0, 0.05) is 0 Å². The van der Waals surface area contributed by atoms with Crippen molar-refractivity contribution >= 4 is 19.8 Å². The predicted molar refractivity (Wildman–Crippen MR) is 64.6 cm³/mol. The van der Waals surface area contributed by atoms with Crippen LogP contribution in [0.3, 0.4) is 0 Å². The van der Waals surface area contributed by atoms with Crippen LogP contribution < -0.4 is 0 Å². The van der Waals surface area contributed by atoms with E-state index in [0.29, 0.717) is 0 Å². The summed E-state index contributed by atoms with van der Waals surface area (Å²) in [6, 6.07) is 0. The molecule has 0 aromatic heterocycles. The first-order valence-electron chi connectivity index (χ1n) is 5.01. The van der Waals surface area contributed by atoms with E-state index >= 15 is 0 Å². The van der Waals surface area contributed by atoms with E-state index < -0.39 is 19.8 Å². The van der Waals surface area contributed by atoms with Crippen molar-refractivity contribution < 1.29 is 0 Å². The summed E-state index contributed by atoms with van der Waals surface area (Å²) >= 11 is -1.05. The Balaban J connectivity index is 3.64. The first-order chi connectivity index (χ1) is 6.35. The fourth-order valence-electron chi connectivity index (χ4n) is 1.29. The van der Waals surface area contributed by atoms with E-state index in [1.165, 1.54) is 32.6 Å². The van der Waals surface area contributed by atoms with Gasteiger partial charge >= 0.3 is 90.3 Å². The third-order valence-electron chi connectivity index (χ3n) is 2.11. The zero-order chi connectivity index (χ0) is 9.94. The maximum atomic E-state index is 3.78. The van der Waals surface area contributed by atoms with Crippen molar-refractivity contribution in [2.45, 2.75) is 32.6 Å². The van der Waals surface area contributed by atoms with E-state index in [2.05, 4.69) is 38.0 Å². The molecule has 0 fully saturated rings. The van der Waals surface area contributed by atoms with Crippen molar-refractivity contribution in [1.82, 2.24) is 0 Å². The van der Waals surface area contributed by atoms with Gasteiger partial charge in [-0.05, 0) is 0 Å². The van der Waals surface area contributed by atoms with Crippen LogP contribution in [0.15, 0.2) is 38.0 Å². The predicted octanol–water partition coefficient (Wildman–Crippen LogP) is 4.21. The number of rotatable bonds is 9. The van der Waals surface area contributed by atoms with Gasteiger partial charge in [-0.2, -0.15) is 0 Å². The molecule has 0 aliphatic heterocycles. The number of hydrogen-bond acceptors (Lipinski definition) is 0. The molecular formula is C12H21Sn+. The van der Waals surface area contributed by atoms with Crippen LogP contribution in [-0.2, 0) is 0 Å². The molecule has 0 amide bonds. The van der Waals surface area contributed by atoms with E-state index in [1.807, 2.05) is 0 Å². The van der Waals surface area contributed by atoms with E-state index in [0.717, 1.165) is 0 Å². The molecule has 0 saturated carbocycles. The van der Waals surface area contributed by atoms with Crippen molar-refractivity contribution in [2.75, 3.05) is 0 Å². The monoisotopic (exact) mass is 285 g/mol. The fourth-order valence-corrected chi connectivity index (χ4v) is 8.68. The Labute approximate surface area is 90.2 Å². The minimum atomic E-state index is -1.05. The molecule has 0 aliphatic carbocycles. The Hall–Kier alpha value is 0.0187. The molecule has 0 aromatic carbocycles. The Kier molecular flexibility index (Phi) is 10.1. The third kappa shape index (κ3) is 8.35. The van der Waals surface area contributed by atoms with Crippen LogP contribution in [-0.4, -0.2) is 19.8 Å². The average Bonchev–Trinajstić information content (AvgIpc) is 2.17. The second-order valence-electron chi connectivity index (χ2n) is 3.23. The SMILES string of the molecule is C=CC[CH2][Sn+]([CH2]CC=C)[CH2]CC=C. The molecular weight excluding hydrogens is 263 g/mol. The van der Waals surface area contributed by atoms with Gasteiger partial charge < -0.3 is 0 Å². The Bertz CT molecular complexity index is 121. The third-order valence-corrected chi connectivity index (χ3v) is 10.6. The van der Waals surface area contributed by atoms with Crippen molar-refractivity contribution in [2.24, 2.45) is 0 Å². The fraction of sp³-hybridized carbons (Fsp3) is 0.500. The van der Waals surface area contributed by atoms with Gasteiger partial charge in [-0.25, -0.2) is 0 Å². The molecule has 1 heteroatoms. The quantitative estimate of drug-likeness (QED) is 0.439. The van der Waals surface area contributed by atoms with Crippen molar-refractivity contribution in [3.8, 4) is 0 Å². The molecule has 0 aliphatic rings. The second-order valence-corrected chi connectivity index (χ2v) is 11.8. The maximum absolute atomic E-state index is 3.78.